The molecular weight excluding hydrogens is 324 g/mol. The maximum atomic E-state index is 11.6. The Morgan fingerprint density at radius 3 is 2.88 bits per heavy atom. The van der Waals surface area contributed by atoms with E-state index >= 15 is 0 Å². The quantitative estimate of drug-likeness (QED) is 0.618. The number of rotatable bonds is 4. The van der Waals surface area contributed by atoms with Crippen LogP contribution in [-0.4, -0.2) is 30.8 Å². The Balaban J connectivity index is 1.91. The Bertz CT molecular complexity index is 1010. The van der Waals surface area contributed by atoms with E-state index in [0.717, 1.165) is 10.4 Å². The van der Waals surface area contributed by atoms with Crippen molar-refractivity contribution in [2.45, 2.75) is 6.54 Å². The van der Waals surface area contributed by atoms with E-state index in [9.17, 15) is 9.90 Å². The monoisotopic (exact) mass is 336 g/mol. The Kier molecular flexibility index (Phi) is 3.55. The number of hydrogen-bond acceptors (Lipinski definition) is 5. The lowest BCUT2D eigenvalue weighted by molar-refractivity contribution is 0.0699. The standard InChI is InChI=1S/C17H12N4O2S/c22-17(23)13-7-15(11-3-1-5-18-8-11)20-16-14(13)9-19-21(16)10-12-4-2-6-24-12/h1-9H,10H2,(H,22,23). The minimum Gasteiger partial charge on any atom is -0.478 e. The third-order valence-corrected chi connectivity index (χ3v) is 4.54. The van der Waals surface area contributed by atoms with Gasteiger partial charge in [-0.1, -0.05) is 6.07 Å². The zero-order valence-electron chi connectivity index (χ0n) is 12.5. The van der Waals surface area contributed by atoms with Crippen LogP contribution in [0.25, 0.3) is 22.3 Å². The van der Waals surface area contributed by atoms with Gasteiger partial charge in [0.25, 0.3) is 0 Å². The van der Waals surface area contributed by atoms with Crippen molar-refractivity contribution in [2.24, 2.45) is 0 Å². The number of pyridine rings is 2. The lowest BCUT2D eigenvalue weighted by Gasteiger charge is -2.06. The summed E-state index contributed by atoms with van der Waals surface area (Å²) >= 11 is 1.63. The number of aromatic carboxylic acids is 1. The molecule has 0 fully saturated rings. The van der Waals surface area contributed by atoms with E-state index in [2.05, 4.69) is 15.1 Å². The fraction of sp³-hybridized carbons (Fsp3) is 0.0588. The first-order chi connectivity index (χ1) is 11.7. The van der Waals surface area contributed by atoms with Crippen molar-refractivity contribution in [3.05, 3.63) is 64.7 Å². The van der Waals surface area contributed by atoms with Gasteiger partial charge in [0.05, 0.1) is 29.4 Å². The van der Waals surface area contributed by atoms with Crippen LogP contribution in [0.15, 0.2) is 54.3 Å². The van der Waals surface area contributed by atoms with Crippen molar-refractivity contribution in [1.82, 2.24) is 19.7 Å². The predicted molar refractivity (Wildman–Crippen MR) is 91.1 cm³/mol. The number of fused-ring (bicyclic) bond motifs is 1. The second kappa shape index (κ2) is 5.86. The Morgan fingerprint density at radius 1 is 1.25 bits per heavy atom. The first kappa shape index (κ1) is 14.5. The van der Waals surface area contributed by atoms with Crippen LogP contribution in [-0.2, 0) is 6.54 Å². The number of carboxylic acids is 1. The van der Waals surface area contributed by atoms with Crippen LogP contribution in [0.5, 0.6) is 0 Å². The number of aromatic nitrogens is 4. The Hall–Kier alpha value is -3.06. The van der Waals surface area contributed by atoms with Gasteiger partial charge in [-0.05, 0) is 29.6 Å². The molecule has 118 valence electrons. The molecule has 0 aliphatic heterocycles. The van der Waals surface area contributed by atoms with Crippen LogP contribution < -0.4 is 0 Å². The summed E-state index contributed by atoms with van der Waals surface area (Å²) in [6.07, 6.45) is 4.90. The molecule has 0 spiro atoms. The summed E-state index contributed by atoms with van der Waals surface area (Å²) in [4.78, 5) is 21.5. The molecule has 4 heterocycles. The largest absolute Gasteiger partial charge is 0.478 e. The summed E-state index contributed by atoms with van der Waals surface area (Å²) in [5.41, 5.74) is 2.09. The average Bonchev–Trinajstić information content (AvgIpc) is 3.25. The van der Waals surface area contributed by atoms with Crippen LogP contribution in [0.3, 0.4) is 0 Å². The highest BCUT2D eigenvalue weighted by atomic mass is 32.1. The second-order valence-corrected chi connectivity index (χ2v) is 6.25. The number of thiophene rings is 1. The summed E-state index contributed by atoms with van der Waals surface area (Å²) in [6.45, 7) is 0.559. The molecule has 0 saturated carbocycles. The number of hydrogen-bond donors (Lipinski definition) is 1. The van der Waals surface area contributed by atoms with Crippen molar-refractivity contribution >= 4 is 28.3 Å². The average molecular weight is 336 g/mol. The van der Waals surface area contributed by atoms with E-state index in [-0.39, 0.29) is 5.56 Å². The molecule has 0 aliphatic carbocycles. The van der Waals surface area contributed by atoms with Crippen LogP contribution in [0, 0.1) is 0 Å². The van der Waals surface area contributed by atoms with Gasteiger partial charge in [-0.15, -0.1) is 11.3 Å². The molecule has 0 aliphatic rings. The number of carboxylic acid groups (broad SMARTS) is 1. The van der Waals surface area contributed by atoms with Crippen molar-refractivity contribution in [2.75, 3.05) is 0 Å². The third-order valence-electron chi connectivity index (χ3n) is 3.68. The van der Waals surface area contributed by atoms with Gasteiger partial charge in [0.15, 0.2) is 5.65 Å². The van der Waals surface area contributed by atoms with Gasteiger partial charge < -0.3 is 5.11 Å². The maximum Gasteiger partial charge on any atom is 0.336 e. The molecule has 4 rings (SSSR count). The summed E-state index contributed by atoms with van der Waals surface area (Å²) < 4.78 is 1.73. The summed E-state index contributed by atoms with van der Waals surface area (Å²) in [5, 5.41) is 16.4. The van der Waals surface area contributed by atoms with Crippen LogP contribution >= 0.6 is 11.3 Å². The third kappa shape index (κ3) is 2.55. The summed E-state index contributed by atoms with van der Waals surface area (Å²) in [5.74, 6) is -0.997. The van der Waals surface area contributed by atoms with Crippen LogP contribution in [0.2, 0.25) is 0 Å². The lowest BCUT2D eigenvalue weighted by atomic mass is 10.1. The highest BCUT2D eigenvalue weighted by Gasteiger charge is 2.17. The normalized spacial score (nSPS) is 11.0. The minimum atomic E-state index is -0.997. The highest BCUT2D eigenvalue weighted by molar-refractivity contribution is 7.09. The topological polar surface area (TPSA) is 80.9 Å². The molecule has 0 bridgehead atoms. The molecule has 0 aromatic carbocycles. The maximum absolute atomic E-state index is 11.6. The molecule has 6 nitrogen and oxygen atoms in total. The lowest BCUT2D eigenvalue weighted by Crippen LogP contribution is -2.04. The highest BCUT2D eigenvalue weighted by Crippen LogP contribution is 2.25. The van der Waals surface area contributed by atoms with Crippen molar-refractivity contribution in [3.8, 4) is 11.3 Å². The van der Waals surface area contributed by atoms with Gasteiger partial charge in [0, 0.05) is 22.8 Å². The van der Waals surface area contributed by atoms with Crippen LogP contribution in [0.1, 0.15) is 15.2 Å². The molecule has 0 unspecified atom stereocenters. The molecular formula is C17H12N4O2S. The Labute approximate surface area is 141 Å². The molecule has 7 heteroatoms. The van der Waals surface area contributed by atoms with E-state index in [1.807, 2.05) is 23.6 Å². The first-order valence-corrected chi connectivity index (χ1v) is 8.13. The van der Waals surface area contributed by atoms with Crippen LogP contribution in [0.4, 0.5) is 0 Å². The summed E-state index contributed by atoms with van der Waals surface area (Å²) in [7, 11) is 0. The molecule has 1 N–H and O–H groups in total. The molecule has 0 radical (unpaired) electrons. The van der Waals surface area contributed by atoms with Gasteiger partial charge in [-0.2, -0.15) is 5.10 Å². The van der Waals surface area contributed by atoms with Gasteiger partial charge in [-0.3, -0.25) is 4.98 Å². The molecule has 0 amide bonds. The second-order valence-electron chi connectivity index (χ2n) is 5.22. The van der Waals surface area contributed by atoms with Gasteiger partial charge in [0.2, 0.25) is 0 Å². The number of carbonyl (C=O) groups is 1. The van der Waals surface area contributed by atoms with E-state index < -0.39 is 5.97 Å². The van der Waals surface area contributed by atoms with E-state index in [0.29, 0.717) is 23.3 Å². The smallest absolute Gasteiger partial charge is 0.336 e. The zero-order valence-corrected chi connectivity index (χ0v) is 13.3. The molecule has 4 aromatic heterocycles. The number of nitrogens with zero attached hydrogens (tertiary/aromatic N) is 4. The van der Waals surface area contributed by atoms with E-state index in [1.54, 1.807) is 46.7 Å². The van der Waals surface area contributed by atoms with Crippen molar-refractivity contribution in [1.29, 1.82) is 0 Å². The zero-order chi connectivity index (χ0) is 16.5. The van der Waals surface area contributed by atoms with E-state index in [4.69, 9.17) is 0 Å². The van der Waals surface area contributed by atoms with Crippen molar-refractivity contribution in [3.63, 3.8) is 0 Å². The van der Waals surface area contributed by atoms with Gasteiger partial charge >= 0.3 is 5.97 Å². The van der Waals surface area contributed by atoms with E-state index in [1.165, 1.54) is 0 Å². The van der Waals surface area contributed by atoms with Gasteiger partial charge in [0.1, 0.15) is 0 Å². The molecule has 0 saturated heterocycles. The van der Waals surface area contributed by atoms with Gasteiger partial charge in [-0.25, -0.2) is 14.5 Å². The molecule has 0 atom stereocenters. The fourth-order valence-electron chi connectivity index (χ4n) is 2.55. The Morgan fingerprint density at radius 2 is 2.17 bits per heavy atom. The fourth-order valence-corrected chi connectivity index (χ4v) is 3.24. The molecule has 24 heavy (non-hydrogen) atoms. The minimum absolute atomic E-state index is 0.191. The predicted octanol–water partition coefficient (Wildman–Crippen LogP) is 3.30. The SMILES string of the molecule is O=C(O)c1cc(-c2cccnc2)nc2c1cnn2Cc1cccs1. The van der Waals surface area contributed by atoms with Crippen molar-refractivity contribution < 1.29 is 9.90 Å². The summed E-state index contributed by atoms with van der Waals surface area (Å²) in [6, 6.07) is 9.21. The molecule has 4 aromatic rings. The first-order valence-electron chi connectivity index (χ1n) is 7.25.